The molecule has 0 N–H and O–H groups in total. The van der Waals surface area contributed by atoms with Crippen LogP contribution in [0.4, 0.5) is 10.5 Å². The van der Waals surface area contributed by atoms with E-state index in [1.54, 1.807) is 0 Å². The number of hydrogen-bond acceptors (Lipinski definition) is 3. The van der Waals surface area contributed by atoms with Gasteiger partial charge in [-0.3, -0.25) is 4.90 Å². The van der Waals surface area contributed by atoms with Crippen molar-refractivity contribution in [2.45, 2.75) is 24.7 Å². The molecule has 2 aromatic carbocycles. The third-order valence-electron chi connectivity index (χ3n) is 7.11. The Morgan fingerprint density at radius 2 is 1.60 bits per heavy atom. The number of carbonyl (C=O) groups is 1. The number of likely N-dealkylation sites (tertiary alicyclic amines) is 1. The summed E-state index contributed by atoms with van der Waals surface area (Å²) in [5.41, 5.74) is 3.99. The van der Waals surface area contributed by atoms with Crippen molar-refractivity contribution in [1.82, 2.24) is 9.80 Å². The fourth-order valence-corrected chi connectivity index (χ4v) is 5.29. The average Bonchev–Trinajstić information content (AvgIpc) is 3.14. The van der Waals surface area contributed by atoms with Gasteiger partial charge in [0, 0.05) is 37.3 Å². The standard InChI is InChI=1S/C25H31N3O2/c29-24(27-16-18-30-19-17-27)28-20-25(22-8-4-5-9-23(22)28)11-14-26(15-12-25)13-10-21-6-2-1-3-7-21/h1-9H,10-20H2. The fourth-order valence-electron chi connectivity index (χ4n) is 5.29. The molecule has 30 heavy (non-hydrogen) atoms. The summed E-state index contributed by atoms with van der Waals surface area (Å²) in [6.07, 6.45) is 3.34. The Morgan fingerprint density at radius 1 is 0.900 bits per heavy atom. The summed E-state index contributed by atoms with van der Waals surface area (Å²) in [6.45, 7) is 6.79. The molecule has 0 saturated carbocycles. The number of urea groups is 1. The van der Waals surface area contributed by atoms with Crippen LogP contribution in [-0.4, -0.2) is 68.3 Å². The highest BCUT2D eigenvalue weighted by molar-refractivity contribution is 5.95. The number of piperidine rings is 1. The molecule has 3 aliphatic rings. The van der Waals surface area contributed by atoms with Gasteiger partial charge in [-0.25, -0.2) is 4.79 Å². The smallest absolute Gasteiger partial charge is 0.324 e. The minimum Gasteiger partial charge on any atom is -0.378 e. The van der Waals surface area contributed by atoms with E-state index < -0.39 is 0 Å². The van der Waals surface area contributed by atoms with E-state index in [4.69, 9.17) is 4.74 Å². The van der Waals surface area contributed by atoms with Crippen LogP contribution in [0.5, 0.6) is 0 Å². The second-order valence-electron chi connectivity index (χ2n) is 8.84. The molecule has 2 amide bonds. The summed E-state index contributed by atoms with van der Waals surface area (Å²) in [4.78, 5) is 19.9. The molecule has 2 aromatic rings. The number of morpholine rings is 1. The van der Waals surface area contributed by atoms with Gasteiger partial charge in [-0.15, -0.1) is 0 Å². The van der Waals surface area contributed by atoms with E-state index in [2.05, 4.69) is 59.5 Å². The number of fused-ring (bicyclic) bond motifs is 2. The first-order chi connectivity index (χ1) is 14.8. The van der Waals surface area contributed by atoms with E-state index in [1.807, 2.05) is 9.80 Å². The van der Waals surface area contributed by atoms with E-state index in [0.717, 1.165) is 51.1 Å². The average molecular weight is 406 g/mol. The predicted octanol–water partition coefficient (Wildman–Crippen LogP) is 3.54. The number of amides is 2. The van der Waals surface area contributed by atoms with Crippen molar-refractivity contribution < 1.29 is 9.53 Å². The molecular formula is C25H31N3O2. The molecule has 3 aliphatic heterocycles. The maximum Gasteiger partial charge on any atom is 0.324 e. The minimum atomic E-state index is 0.0990. The van der Waals surface area contributed by atoms with Crippen LogP contribution in [0, 0.1) is 0 Å². The Hall–Kier alpha value is -2.37. The third-order valence-corrected chi connectivity index (χ3v) is 7.11. The zero-order valence-corrected chi connectivity index (χ0v) is 17.6. The molecule has 158 valence electrons. The molecule has 0 radical (unpaired) electrons. The highest BCUT2D eigenvalue weighted by Gasteiger charge is 2.46. The molecule has 2 fully saturated rings. The number of benzene rings is 2. The maximum atomic E-state index is 13.3. The van der Waals surface area contributed by atoms with Crippen LogP contribution in [-0.2, 0) is 16.6 Å². The van der Waals surface area contributed by atoms with Gasteiger partial charge in [0.25, 0.3) is 0 Å². The number of rotatable bonds is 3. The molecule has 5 heteroatoms. The zero-order valence-electron chi connectivity index (χ0n) is 17.6. The number of anilines is 1. The Balaban J connectivity index is 1.27. The lowest BCUT2D eigenvalue weighted by molar-refractivity contribution is 0.0546. The molecule has 5 nitrogen and oxygen atoms in total. The Morgan fingerprint density at radius 3 is 2.37 bits per heavy atom. The molecule has 0 atom stereocenters. The SMILES string of the molecule is O=C(N1CCOCC1)N1CC2(CCN(CCc3ccccc3)CC2)c2ccccc21. The van der Waals surface area contributed by atoms with Gasteiger partial charge in [-0.2, -0.15) is 0 Å². The van der Waals surface area contributed by atoms with Crippen molar-refractivity contribution >= 4 is 11.7 Å². The zero-order chi connectivity index (χ0) is 20.4. The maximum absolute atomic E-state index is 13.3. The minimum absolute atomic E-state index is 0.0990. The quantitative estimate of drug-likeness (QED) is 0.784. The van der Waals surface area contributed by atoms with Crippen LogP contribution < -0.4 is 4.90 Å². The van der Waals surface area contributed by atoms with E-state index in [9.17, 15) is 4.79 Å². The lowest BCUT2D eigenvalue weighted by Crippen LogP contribution is -2.51. The molecule has 1 spiro atoms. The van der Waals surface area contributed by atoms with E-state index in [0.29, 0.717) is 26.3 Å². The number of para-hydroxylation sites is 1. The van der Waals surface area contributed by atoms with Crippen molar-refractivity contribution in [1.29, 1.82) is 0 Å². The van der Waals surface area contributed by atoms with Gasteiger partial charge in [-0.05, 0) is 49.5 Å². The van der Waals surface area contributed by atoms with Crippen LogP contribution in [0.3, 0.4) is 0 Å². The van der Waals surface area contributed by atoms with Crippen LogP contribution >= 0.6 is 0 Å². The third kappa shape index (κ3) is 3.72. The summed E-state index contributed by atoms with van der Waals surface area (Å²) < 4.78 is 5.44. The van der Waals surface area contributed by atoms with Crippen molar-refractivity contribution in [3.05, 3.63) is 65.7 Å². The molecule has 0 bridgehead atoms. The molecule has 0 aliphatic carbocycles. The van der Waals surface area contributed by atoms with Gasteiger partial charge in [0.05, 0.1) is 13.2 Å². The summed E-state index contributed by atoms with van der Waals surface area (Å²) in [6, 6.07) is 19.5. The van der Waals surface area contributed by atoms with E-state index >= 15 is 0 Å². The van der Waals surface area contributed by atoms with Crippen molar-refractivity contribution in [3.8, 4) is 0 Å². The first-order valence-electron chi connectivity index (χ1n) is 11.3. The lowest BCUT2D eigenvalue weighted by Gasteiger charge is -2.40. The summed E-state index contributed by atoms with van der Waals surface area (Å²) in [7, 11) is 0. The monoisotopic (exact) mass is 405 g/mol. The van der Waals surface area contributed by atoms with Crippen LogP contribution in [0.2, 0.25) is 0 Å². The largest absolute Gasteiger partial charge is 0.378 e. The molecule has 5 rings (SSSR count). The van der Waals surface area contributed by atoms with Crippen LogP contribution in [0.15, 0.2) is 54.6 Å². The summed E-state index contributed by atoms with van der Waals surface area (Å²) >= 11 is 0. The van der Waals surface area contributed by atoms with Gasteiger partial charge >= 0.3 is 6.03 Å². The van der Waals surface area contributed by atoms with Crippen molar-refractivity contribution in [2.75, 3.05) is 57.4 Å². The van der Waals surface area contributed by atoms with Gasteiger partial charge in [0.2, 0.25) is 0 Å². The second kappa shape index (κ2) is 8.40. The van der Waals surface area contributed by atoms with Gasteiger partial charge in [0.15, 0.2) is 0 Å². The van der Waals surface area contributed by atoms with E-state index in [1.165, 1.54) is 11.1 Å². The normalized spacial score (nSPS) is 21.1. The first-order valence-corrected chi connectivity index (χ1v) is 11.3. The molecule has 3 heterocycles. The van der Waals surface area contributed by atoms with Crippen molar-refractivity contribution in [2.24, 2.45) is 0 Å². The molecular weight excluding hydrogens is 374 g/mol. The number of carbonyl (C=O) groups excluding carboxylic acids is 1. The predicted molar refractivity (Wildman–Crippen MR) is 119 cm³/mol. The highest BCUT2D eigenvalue weighted by Crippen LogP contribution is 2.47. The topological polar surface area (TPSA) is 36.0 Å². The van der Waals surface area contributed by atoms with Gasteiger partial charge < -0.3 is 14.5 Å². The second-order valence-corrected chi connectivity index (χ2v) is 8.84. The van der Waals surface area contributed by atoms with Crippen molar-refractivity contribution in [3.63, 3.8) is 0 Å². The lowest BCUT2D eigenvalue weighted by atomic mass is 9.74. The Bertz CT molecular complexity index is 871. The Kier molecular flexibility index (Phi) is 5.48. The summed E-state index contributed by atoms with van der Waals surface area (Å²) in [5, 5.41) is 0. The van der Waals surface area contributed by atoms with Gasteiger partial charge in [0.1, 0.15) is 0 Å². The number of hydrogen-bond donors (Lipinski definition) is 0. The summed E-state index contributed by atoms with van der Waals surface area (Å²) in [5.74, 6) is 0. The Labute approximate surface area is 179 Å². The van der Waals surface area contributed by atoms with Gasteiger partial charge in [-0.1, -0.05) is 48.5 Å². The number of nitrogens with zero attached hydrogens (tertiary/aromatic N) is 3. The van der Waals surface area contributed by atoms with Crippen LogP contribution in [0.1, 0.15) is 24.0 Å². The molecule has 0 unspecified atom stereocenters. The van der Waals surface area contributed by atoms with E-state index in [-0.39, 0.29) is 11.4 Å². The molecule has 0 aromatic heterocycles. The number of ether oxygens (including phenoxy) is 1. The first kappa shape index (κ1) is 19.6. The highest BCUT2D eigenvalue weighted by atomic mass is 16.5. The van der Waals surface area contributed by atoms with Crippen LogP contribution in [0.25, 0.3) is 0 Å². The molecule has 2 saturated heterocycles. The fraction of sp³-hybridized carbons (Fsp3) is 0.480.